The Labute approximate surface area is 136 Å². The van der Waals surface area contributed by atoms with Crippen LogP contribution in [0.15, 0.2) is 0 Å². The van der Waals surface area contributed by atoms with Gasteiger partial charge < -0.3 is 30.1 Å². The molecule has 9 nitrogen and oxygen atoms in total. The van der Waals surface area contributed by atoms with Crippen molar-refractivity contribution in [3.63, 3.8) is 0 Å². The molecule has 0 bridgehead atoms. The number of ether oxygens (including phenoxy) is 2. The summed E-state index contributed by atoms with van der Waals surface area (Å²) < 4.78 is 10.8. The molecular weight excluding hydrogens is 300 g/mol. The normalized spacial score (nSPS) is 18.3. The summed E-state index contributed by atoms with van der Waals surface area (Å²) in [6, 6.07) is 0.210. The van der Waals surface area contributed by atoms with Crippen molar-refractivity contribution >= 4 is 17.8 Å². The molecule has 0 saturated carbocycles. The molecule has 1 atom stereocenters. The minimum atomic E-state index is 0.000809. The van der Waals surface area contributed by atoms with Crippen molar-refractivity contribution in [1.29, 1.82) is 0 Å². The molecule has 130 valence electrons. The lowest BCUT2D eigenvalue weighted by atomic mass is 10.3. The van der Waals surface area contributed by atoms with Gasteiger partial charge in [-0.15, -0.1) is 0 Å². The summed E-state index contributed by atoms with van der Waals surface area (Å²) in [6.45, 7) is 6.96. The average Bonchev–Trinajstić information content (AvgIpc) is 2.53. The van der Waals surface area contributed by atoms with Crippen LogP contribution in [0.25, 0.3) is 0 Å². The highest BCUT2D eigenvalue weighted by atomic mass is 16.5. The van der Waals surface area contributed by atoms with Gasteiger partial charge in [-0.3, -0.25) is 0 Å². The number of hydrogen-bond donors (Lipinski definition) is 3. The molecule has 2 rings (SSSR count). The van der Waals surface area contributed by atoms with E-state index in [9.17, 15) is 0 Å². The summed E-state index contributed by atoms with van der Waals surface area (Å²) >= 11 is 0. The zero-order valence-electron chi connectivity index (χ0n) is 13.9. The van der Waals surface area contributed by atoms with Gasteiger partial charge in [-0.05, 0) is 13.8 Å². The van der Waals surface area contributed by atoms with Crippen LogP contribution in [0, 0.1) is 0 Å². The van der Waals surface area contributed by atoms with E-state index in [2.05, 4.69) is 30.5 Å². The van der Waals surface area contributed by atoms with Gasteiger partial charge in [-0.1, -0.05) is 0 Å². The van der Waals surface area contributed by atoms with Crippen LogP contribution in [0.2, 0.25) is 0 Å². The first kappa shape index (κ1) is 17.6. The lowest BCUT2D eigenvalue weighted by Gasteiger charge is -2.32. The Morgan fingerprint density at radius 2 is 2.13 bits per heavy atom. The highest BCUT2D eigenvalue weighted by molar-refractivity contribution is 5.44. The summed E-state index contributed by atoms with van der Waals surface area (Å²) in [7, 11) is 1.66. The summed E-state index contributed by atoms with van der Waals surface area (Å²) in [5.74, 6) is 1.55. The molecule has 1 aliphatic rings. The Balaban J connectivity index is 2.17. The third-order valence-electron chi connectivity index (χ3n) is 3.21. The smallest absolute Gasteiger partial charge is 0.232 e. The average molecular weight is 326 g/mol. The van der Waals surface area contributed by atoms with E-state index >= 15 is 0 Å². The van der Waals surface area contributed by atoms with Gasteiger partial charge >= 0.3 is 0 Å². The standard InChI is InChI=1S/C14H26N6O3/c1-10(2)16-13-17-12(15-4-6-21)18-14(19-13)20-5-7-23-11(8-20)9-22-3/h10-11,21H,4-9H2,1-3H3,(H2,15,16,17,18,19)/t11-/m1/s1. The fourth-order valence-electron chi connectivity index (χ4n) is 2.26. The topological polar surface area (TPSA) is 105 Å². The van der Waals surface area contributed by atoms with Crippen molar-refractivity contribution in [3.8, 4) is 0 Å². The van der Waals surface area contributed by atoms with Gasteiger partial charge in [-0.25, -0.2) is 0 Å². The number of aliphatic hydroxyl groups excluding tert-OH is 1. The Morgan fingerprint density at radius 1 is 1.35 bits per heavy atom. The van der Waals surface area contributed by atoms with Gasteiger partial charge in [0.2, 0.25) is 17.8 Å². The van der Waals surface area contributed by atoms with E-state index in [1.807, 2.05) is 13.8 Å². The molecule has 1 saturated heterocycles. The van der Waals surface area contributed by atoms with E-state index in [-0.39, 0.29) is 18.8 Å². The quantitative estimate of drug-likeness (QED) is 0.606. The van der Waals surface area contributed by atoms with E-state index in [4.69, 9.17) is 14.6 Å². The molecule has 1 aromatic rings. The molecule has 0 unspecified atom stereocenters. The molecule has 2 heterocycles. The van der Waals surface area contributed by atoms with Crippen LogP contribution in [0.3, 0.4) is 0 Å². The number of anilines is 3. The zero-order valence-corrected chi connectivity index (χ0v) is 13.9. The van der Waals surface area contributed by atoms with Crippen molar-refractivity contribution in [2.24, 2.45) is 0 Å². The predicted octanol–water partition coefficient (Wildman–Crippen LogP) is -0.0523. The summed E-state index contributed by atoms with van der Waals surface area (Å²) in [4.78, 5) is 15.3. The molecule has 0 amide bonds. The zero-order chi connectivity index (χ0) is 16.7. The molecule has 1 aliphatic heterocycles. The SMILES string of the molecule is COC[C@H]1CN(c2nc(NCCO)nc(NC(C)C)n2)CCO1. The number of nitrogens with zero attached hydrogens (tertiary/aromatic N) is 4. The number of rotatable bonds is 8. The number of nitrogens with one attached hydrogen (secondary N) is 2. The molecule has 0 radical (unpaired) electrons. The first-order valence-electron chi connectivity index (χ1n) is 7.85. The lowest BCUT2D eigenvalue weighted by Crippen LogP contribution is -2.45. The van der Waals surface area contributed by atoms with Crippen molar-refractivity contribution in [2.75, 3.05) is 62.1 Å². The largest absolute Gasteiger partial charge is 0.395 e. The summed E-state index contributed by atoms with van der Waals surface area (Å²) in [6.07, 6.45) is 0.000809. The fraction of sp³-hybridized carbons (Fsp3) is 0.786. The van der Waals surface area contributed by atoms with Crippen molar-refractivity contribution in [1.82, 2.24) is 15.0 Å². The van der Waals surface area contributed by atoms with Crippen LogP contribution in [-0.4, -0.2) is 78.8 Å². The van der Waals surface area contributed by atoms with Crippen molar-refractivity contribution in [2.45, 2.75) is 26.0 Å². The molecule has 3 N–H and O–H groups in total. The lowest BCUT2D eigenvalue weighted by molar-refractivity contribution is -0.0104. The van der Waals surface area contributed by atoms with Crippen LogP contribution in [0.1, 0.15) is 13.8 Å². The van der Waals surface area contributed by atoms with Gasteiger partial charge in [0.15, 0.2) is 0 Å². The van der Waals surface area contributed by atoms with Gasteiger partial charge in [0.05, 0.1) is 25.9 Å². The van der Waals surface area contributed by atoms with Gasteiger partial charge in [-0.2, -0.15) is 15.0 Å². The van der Waals surface area contributed by atoms with E-state index in [0.29, 0.717) is 50.7 Å². The molecule has 1 aromatic heterocycles. The number of hydrogen-bond acceptors (Lipinski definition) is 9. The Kier molecular flexibility index (Phi) is 6.75. The number of aromatic nitrogens is 3. The molecular formula is C14H26N6O3. The third kappa shape index (κ3) is 5.45. The Morgan fingerprint density at radius 3 is 2.83 bits per heavy atom. The number of methoxy groups -OCH3 is 1. The Bertz CT molecular complexity index is 486. The molecule has 9 heteroatoms. The maximum atomic E-state index is 8.96. The monoisotopic (exact) mass is 326 g/mol. The van der Waals surface area contributed by atoms with Crippen LogP contribution in [-0.2, 0) is 9.47 Å². The van der Waals surface area contributed by atoms with Crippen molar-refractivity contribution < 1.29 is 14.6 Å². The second-order valence-electron chi connectivity index (χ2n) is 5.63. The Hall–Kier alpha value is -1.71. The molecule has 1 fully saturated rings. The minimum Gasteiger partial charge on any atom is -0.395 e. The van der Waals surface area contributed by atoms with Crippen LogP contribution >= 0.6 is 0 Å². The van der Waals surface area contributed by atoms with Gasteiger partial charge in [0.1, 0.15) is 0 Å². The number of morpholine rings is 1. The number of aliphatic hydroxyl groups is 1. The highest BCUT2D eigenvalue weighted by Gasteiger charge is 2.23. The van der Waals surface area contributed by atoms with Crippen LogP contribution in [0.4, 0.5) is 17.8 Å². The van der Waals surface area contributed by atoms with Gasteiger partial charge in [0, 0.05) is 32.8 Å². The highest BCUT2D eigenvalue weighted by Crippen LogP contribution is 2.17. The second-order valence-corrected chi connectivity index (χ2v) is 5.63. The minimum absolute atomic E-state index is 0.000809. The predicted molar refractivity (Wildman–Crippen MR) is 88.0 cm³/mol. The molecule has 23 heavy (non-hydrogen) atoms. The van der Waals surface area contributed by atoms with E-state index in [0.717, 1.165) is 0 Å². The first-order valence-corrected chi connectivity index (χ1v) is 7.85. The summed E-state index contributed by atoms with van der Waals surface area (Å²) in [5.41, 5.74) is 0. The van der Waals surface area contributed by atoms with E-state index in [1.54, 1.807) is 7.11 Å². The fourth-order valence-corrected chi connectivity index (χ4v) is 2.26. The third-order valence-corrected chi connectivity index (χ3v) is 3.21. The maximum absolute atomic E-state index is 8.96. The van der Waals surface area contributed by atoms with E-state index in [1.165, 1.54) is 0 Å². The summed E-state index contributed by atoms with van der Waals surface area (Å²) in [5, 5.41) is 15.1. The van der Waals surface area contributed by atoms with E-state index < -0.39 is 0 Å². The van der Waals surface area contributed by atoms with Crippen LogP contribution in [0.5, 0.6) is 0 Å². The first-order chi connectivity index (χ1) is 11.1. The molecule has 0 spiro atoms. The molecule has 0 aliphatic carbocycles. The second kappa shape index (κ2) is 8.80. The maximum Gasteiger partial charge on any atom is 0.232 e. The molecule has 0 aromatic carbocycles. The van der Waals surface area contributed by atoms with Crippen molar-refractivity contribution in [3.05, 3.63) is 0 Å². The van der Waals surface area contributed by atoms with Crippen LogP contribution < -0.4 is 15.5 Å². The van der Waals surface area contributed by atoms with Gasteiger partial charge in [0.25, 0.3) is 0 Å².